The van der Waals surface area contributed by atoms with E-state index in [9.17, 15) is 9.59 Å². The predicted molar refractivity (Wildman–Crippen MR) is 103 cm³/mol. The van der Waals surface area contributed by atoms with E-state index in [0.29, 0.717) is 29.7 Å². The van der Waals surface area contributed by atoms with Gasteiger partial charge in [0, 0.05) is 36.4 Å². The molecule has 5 rings (SSSR count). The van der Waals surface area contributed by atoms with Crippen molar-refractivity contribution < 1.29 is 9.59 Å². The first-order chi connectivity index (χ1) is 12.1. The van der Waals surface area contributed by atoms with E-state index < -0.39 is 0 Å². The van der Waals surface area contributed by atoms with Crippen LogP contribution in [0.1, 0.15) is 60.0 Å². The average molecular weight is 375 g/mol. The van der Waals surface area contributed by atoms with Crippen molar-refractivity contribution in [2.75, 3.05) is 13.1 Å². The molecule has 3 atom stereocenters. The Labute approximate surface area is 160 Å². The van der Waals surface area contributed by atoms with Crippen molar-refractivity contribution >= 4 is 24.1 Å². The van der Waals surface area contributed by atoms with E-state index in [1.807, 2.05) is 12.1 Å². The molecule has 4 nitrogen and oxygen atoms in total. The molecule has 4 aliphatic rings. The number of halogens is 1. The maximum Gasteiger partial charge on any atom is 0.248 e. The lowest BCUT2D eigenvalue weighted by atomic mass is 9.52. The van der Waals surface area contributed by atoms with Crippen LogP contribution >= 0.6 is 12.4 Å². The summed E-state index contributed by atoms with van der Waals surface area (Å²) in [6.07, 6.45) is 7.26. The first kappa shape index (κ1) is 18.0. The molecule has 1 aromatic carbocycles. The summed E-state index contributed by atoms with van der Waals surface area (Å²) in [6, 6.07) is 6.54. The zero-order chi connectivity index (χ0) is 17.2. The van der Waals surface area contributed by atoms with Crippen LogP contribution < -0.4 is 5.73 Å². The van der Waals surface area contributed by atoms with Crippen LogP contribution in [0.4, 0.5) is 0 Å². The number of ketones is 1. The van der Waals surface area contributed by atoms with Gasteiger partial charge in [-0.25, -0.2) is 0 Å². The van der Waals surface area contributed by atoms with Crippen LogP contribution in [-0.4, -0.2) is 35.7 Å². The van der Waals surface area contributed by atoms with Crippen molar-refractivity contribution in [1.29, 1.82) is 0 Å². The monoisotopic (exact) mass is 374 g/mol. The summed E-state index contributed by atoms with van der Waals surface area (Å²) >= 11 is 0. The van der Waals surface area contributed by atoms with Gasteiger partial charge in [0.25, 0.3) is 0 Å². The quantitative estimate of drug-likeness (QED) is 0.884. The fraction of sp³-hybridized carbons (Fsp3) is 0.619. The van der Waals surface area contributed by atoms with E-state index in [0.717, 1.165) is 38.1 Å². The summed E-state index contributed by atoms with van der Waals surface area (Å²) in [5.41, 5.74) is 8.66. The fourth-order valence-corrected chi connectivity index (χ4v) is 5.92. The number of fused-ring (bicyclic) bond motifs is 1. The highest BCUT2D eigenvalue weighted by Gasteiger charge is 2.55. The zero-order valence-corrected chi connectivity index (χ0v) is 15.9. The number of piperidine rings is 1. The maximum absolute atomic E-state index is 12.4. The molecule has 3 aliphatic carbocycles. The molecule has 1 aromatic rings. The number of nitrogens with zero attached hydrogens (tertiary/aromatic N) is 1. The summed E-state index contributed by atoms with van der Waals surface area (Å²) in [7, 11) is 0. The number of nitrogens with two attached hydrogens (primary N) is 1. The Balaban J connectivity index is 0.00000168. The third-order valence-electron chi connectivity index (χ3n) is 7.28. The Bertz CT molecular complexity index is 760. The third-order valence-corrected chi connectivity index (χ3v) is 7.28. The van der Waals surface area contributed by atoms with Gasteiger partial charge in [-0.05, 0) is 73.7 Å². The maximum atomic E-state index is 12.4. The van der Waals surface area contributed by atoms with Crippen molar-refractivity contribution in [3.8, 4) is 0 Å². The van der Waals surface area contributed by atoms with Crippen molar-refractivity contribution in [3.05, 3.63) is 34.9 Å². The molecule has 0 aromatic heterocycles. The molecule has 5 heteroatoms. The van der Waals surface area contributed by atoms with Gasteiger partial charge in [0.15, 0.2) is 0 Å². The van der Waals surface area contributed by atoms with Gasteiger partial charge in [-0.2, -0.15) is 0 Å². The van der Waals surface area contributed by atoms with Crippen LogP contribution in [-0.2, 0) is 16.6 Å². The Kier molecular flexibility index (Phi) is 4.39. The number of carbonyl (C=O) groups is 2. The highest BCUT2D eigenvalue weighted by atomic mass is 35.5. The van der Waals surface area contributed by atoms with Gasteiger partial charge in [-0.3, -0.25) is 14.5 Å². The molecule has 2 saturated carbocycles. The summed E-state index contributed by atoms with van der Waals surface area (Å²) in [5, 5.41) is 0. The number of likely N-dealkylation sites (tertiary alicyclic amines) is 1. The van der Waals surface area contributed by atoms with Crippen LogP contribution in [0.3, 0.4) is 0 Å². The Morgan fingerprint density at radius 2 is 2.08 bits per heavy atom. The van der Waals surface area contributed by atoms with Gasteiger partial charge < -0.3 is 5.73 Å². The summed E-state index contributed by atoms with van der Waals surface area (Å²) in [4.78, 5) is 26.8. The number of carbonyl (C=O) groups excluding carboxylic acids is 2. The van der Waals surface area contributed by atoms with Crippen LogP contribution in [0.2, 0.25) is 0 Å². The minimum Gasteiger partial charge on any atom is -0.366 e. The molecule has 2 N–H and O–H groups in total. The molecule has 0 unspecified atom stereocenters. The minimum atomic E-state index is -0.369. The highest BCUT2D eigenvalue weighted by molar-refractivity contribution is 5.93. The van der Waals surface area contributed by atoms with Gasteiger partial charge in [-0.1, -0.05) is 6.07 Å². The van der Waals surface area contributed by atoms with E-state index in [1.54, 1.807) is 0 Å². The van der Waals surface area contributed by atoms with Gasteiger partial charge >= 0.3 is 0 Å². The molecule has 1 saturated heterocycles. The van der Waals surface area contributed by atoms with Gasteiger partial charge in [0.1, 0.15) is 5.78 Å². The average Bonchev–Trinajstić information content (AvgIpc) is 3.40. The van der Waals surface area contributed by atoms with Crippen LogP contribution in [0.25, 0.3) is 0 Å². The number of benzene rings is 1. The van der Waals surface area contributed by atoms with E-state index in [-0.39, 0.29) is 23.7 Å². The normalized spacial score (nSPS) is 33.0. The van der Waals surface area contributed by atoms with E-state index in [1.165, 1.54) is 30.5 Å². The lowest BCUT2D eigenvalue weighted by Gasteiger charge is -2.58. The number of hydrogen-bond acceptors (Lipinski definition) is 3. The molecule has 1 amide bonds. The SMILES string of the molecule is Cl.NC(=O)c1ccc2c(c1)[C@]13CCN(CC4CC4)[C@H](C2)[C@@H]1CCC(=O)C3. The van der Waals surface area contributed by atoms with Crippen LogP contribution in [0.5, 0.6) is 0 Å². The molecule has 3 fully saturated rings. The van der Waals surface area contributed by atoms with Gasteiger partial charge in [-0.15, -0.1) is 12.4 Å². The van der Waals surface area contributed by atoms with E-state index in [2.05, 4.69) is 11.0 Å². The first-order valence-corrected chi connectivity index (χ1v) is 9.76. The summed E-state index contributed by atoms with van der Waals surface area (Å²) in [5.74, 6) is 1.47. The highest BCUT2D eigenvalue weighted by Crippen LogP contribution is 2.55. The zero-order valence-electron chi connectivity index (χ0n) is 15.1. The second kappa shape index (κ2) is 6.35. The van der Waals surface area contributed by atoms with Crippen LogP contribution in [0.15, 0.2) is 18.2 Å². The van der Waals surface area contributed by atoms with Crippen molar-refractivity contribution in [2.24, 2.45) is 17.6 Å². The predicted octanol–water partition coefficient (Wildman–Crippen LogP) is 2.85. The van der Waals surface area contributed by atoms with Crippen LogP contribution in [0, 0.1) is 11.8 Å². The number of hydrogen-bond donors (Lipinski definition) is 1. The molecule has 1 aliphatic heterocycles. The lowest BCUT2D eigenvalue weighted by molar-refractivity contribution is -0.127. The number of rotatable bonds is 3. The molecule has 2 bridgehead atoms. The molecule has 0 radical (unpaired) electrons. The smallest absolute Gasteiger partial charge is 0.248 e. The van der Waals surface area contributed by atoms with Crippen molar-refractivity contribution in [3.63, 3.8) is 0 Å². The van der Waals surface area contributed by atoms with E-state index >= 15 is 0 Å². The number of primary amides is 1. The second-order valence-electron chi connectivity index (χ2n) is 8.71. The number of amides is 1. The third kappa shape index (κ3) is 2.69. The van der Waals surface area contributed by atoms with Gasteiger partial charge in [0.2, 0.25) is 5.91 Å². The first-order valence-electron chi connectivity index (χ1n) is 9.76. The molecule has 1 heterocycles. The largest absolute Gasteiger partial charge is 0.366 e. The topological polar surface area (TPSA) is 63.4 Å². The Hall–Kier alpha value is -1.39. The standard InChI is InChI=1S/C21H26N2O2.ClH/c22-20(25)15-4-3-14-10-19-17-6-5-16(24)11-21(17,18(14)9-15)7-8-23(19)12-13-1-2-13;/h3-4,9,13,17,19H,1-2,5-8,10-12H2,(H2,22,25);1H/t17-,19+,21-;/m0./s1. The molecule has 0 spiro atoms. The fourth-order valence-electron chi connectivity index (χ4n) is 5.92. The molecule has 140 valence electrons. The van der Waals surface area contributed by atoms with Gasteiger partial charge in [0.05, 0.1) is 0 Å². The second-order valence-corrected chi connectivity index (χ2v) is 8.71. The number of Topliss-reactive ketones (excluding diaryl/α,β-unsaturated/α-hetero) is 1. The summed E-state index contributed by atoms with van der Waals surface area (Å²) < 4.78 is 0. The van der Waals surface area contributed by atoms with Crippen molar-refractivity contribution in [1.82, 2.24) is 4.90 Å². The molecular weight excluding hydrogens is 348 g/mol. The van der Waals surface area contributed by atoms with Crippen molar-refractivity contribution in [2.45, 2.75) is 56.4 Å². The molecular formula is C21H27ClN2O2. The minimum absolute atomic E-state index is 0. The Morgan fingerprint density at radius 1 is 1.27 bits per heavy atom. The lowest BCUT2D eigenvalue weighted by Crippen LogP contribution is -2.62. The Morgan fingerprint density at radius 3 is 2.81 bits per heavy atom. The molecule has 26 heavy (non-hydrogen) atoms. The van der Waals surface area contributed by atoms with E-state index in [4.69, 9.17) is 5.73 Å². The summed E-state index contributed by atoms with van der Waals surface area (Å²) in [6.45, 7) is 2.32.